The van der Waals surface area contributed by atoms with Crippen LogP contribution in [0.25, 0.3) is 0 Å². The maximum Gasteiger partial charge on any atom is 0.272 e. The first-order chi connectivity index (χ1) is 9.72. The molecule has 1 saturated carbocycles. The summed E-state index contributed by atoms with van der Waals surface area (Å²) >= 11 is 0. The van der Waals surface area contributed by atoms with Crippen LogP contribution in [0, 0.1) is 12.8 Å². The second-order valence-electron chi connectivity index (χ2n) is 6.08. The van der Waals surface area contributed by atoms with E-state index in [-0.39, 0.29) is 30.7 Å². The van der Waals surface area contributed by atoms with Crippen LogP contribution in [0.3, 0.4) is 0 Å². The predicted molar refractivity (Wildman–Crippen MR) is 93.1 cm³/mol. The molecule has 1 aromatic heterocycles. The Balaban J connectivity index is 0.00000121. The van der Waals surface area contributed by atoms with Gasteiger partial charge in [0.25, 0.3) is 5.91 Å². The number of pyridine rings is 1. The highest BCUT2D eigenvalue weighted by molar-refractivity contribution is 5.92. The van der Waals surface area contributed by atoms with Gasteiger partial charge in [-0.1, -0.05) is 6.07 Å². The third-order valence-electron chi connectivity index (χ3n) is 4.28. The Morgan fingerprint density at radius 2 is 1.91 bits per heavy atom. The number of likely N-dealkylation sites (tertiary alicyclic amines) is 1. The molecule has 2 fully saturated rings. The fourth-order valence-electron chi connectivity index (χ4n) is 2.77. The maximum absolute atomic E-state index is 12.4. The Kier molecular flexibility index (Phi) is 7.60. The molecule has 0 aromatic carbocycles. The van der Waals surface area contributed by atoms with E-state index in [0.717, 1.165) is 44.1 Å². The summed E-state index contributed by atoms with van der Waals surface area (Å²) in [5, 5.41) is 3.64. The molecule has 1 amide bonds. The number of nitrogens with zero attached hydrogens (tertiary/aromatic N) is 2. The van der Waals surface area contributed by atoms with Crippen molar-refractivity contribution in [3.05, 3.63) is 29.6 Å². The Morgan fingerprint density at radius 1 is 1.23 bits per heavy atom. The number of carbonyl (C=O) groups is 1. The third kappa shape index (κ3) is 5.11. The minimum Gasteiger partial charge on any atom is -0.337 e. The van der Waals surface area contributed by atoms with Gasteiger partial charge in [-0.3, -0.25) is 4.79 Å². The van der Waals surface area contributed by atoms with Crippen molar-refractivity contribution in [2.24, 2.45) is 5.92 Å². The molecule has 22 heavy (non-hydrogen) atoms. The summed E-state index contributed by atoms with van der Waals surface area (Å²) in [5.41, 5.74) is 1.48. The Morgan fingerprint density at radius 3 is 2.50 bits per heavy atom. The minimum atomic E-state index is 0. The monoisotopic (exact) mass is 345 g/mol. The molecule has 0 unspecified atom stereocenters. The number of amides is 1. The maximum atomic E-state index is 12.4. The van der Waals surface area contributed by atoms with Gasteiger partial charge in [0.05, 0.1) is 0 Å². The average Bonchev–Trinajstić information content (AvgIpc) is 3.29. The fraction of sp³-hybridized carbons (Fsp3) is 0.625. The molecular formula is C16H25Cl2N3O. The lowest BCUT2D eigenvalue weighted by molar-refractivity contribution is 0.0699. The lowest BCUT2D eigenvalue weighted by Crippen LogP contribution is -2.45. The van der Waals surface area contributed by atoms with E-state index < -0.39 is 0 Å². The van der Waals surface area contributed by atoms with E-state index in [1.165, 1.54) is 12.8 Å². The van der Waals surface area contributed by atoms with Gasteiger partial charge in [0.15, 0.2) is 0 Å². The lowest BCUT2D eigenvalue weighted by Gasteiger charge is -2.32. The first kappa shape index (κ1) is 19.2. The van der Waals surface area contributed by atoms with Crippen molar-refractivity contribution in [2.45, 2.75) is 38.6 Å². The summed E-state index contributed by atoms with van der Waals surface area (Å²) in [6.07, 6.45) is 4.90. The standard InChI is InChI=1S/C16H23N3O.2ClH/c1-12-3-2-4-15(18-12)16(20)19-9-7-14(8-10-19)17-11-13-5-6-13;;/h2-4,13-14,17H,5-11H2,1H3;2*1H. The zero-order valence-electron chi connectivity index (χ0n) is 13.0. The van der Waals surface area contributed by atoms with Crippen LogP contribution >= 0.6 is 24.8 Å². The van der Waals surface area contributed by atoms with Gasteiger partial charge < -0.3 is 10.2 Å². The van der Waals surface area contributed by atoms with E-state index >= 15 is 0 Å². The molecule has 0 atom stereocenters. The highest BCUT2D eigenvalue weighted by atomic mass is 35.5. The van der Waals surface area contributed by atoms with Crippen LogP contribution in [0.15, 0.2) is 18.2 Å². The van der Waals surface area contributed by atoms with E-state index in [0.29, 0.717) is 11.7 Å². The summed E-state index contributed by atoms with van der Waals surface area (Å²) in [7, 11) is 0. The zero-order chi connectivity index (χ0) is 13.9. The van der Waals surface area contributed by atoms with Crippen molar-refractivity contribution in [3.63, 3.8) is 0 Å². The van der Waals surface area contributed by atoms with Gasteiger partial charge in [-0.25, -0.2) is 4.98 Å². The number of aromatic nitrogens is 1. The molecular weight excluding hydrogens is 321 g/mol. The molecule has 2 aliphatic rings. The molecule has 1 aliphatic carbocycles. The van der Waals surface area contributed by atoms with Gasteiger partial charge >= 0.3 is 0 Å². The zero-order valence-corrected chi connectivity index (χ0v) is 14.6. The number of carbonyl (C=O) groups excluding carboxylic acids is 1. The number of piperidine rings is 1. The normalized spacial score (nSPS) is 18.3. The molecule has 3 rings (SSSR count). The molecule has 1 saturated heterocycles. The third-order valence-corrected chi connectivity index (χ3v) is 4.28. The number of nitrogens with one attached hydrogen (secondary N) is 1. The van der Waals surface area contributed by atoms with Crippen LogP contribution in [-0.2, 0) is 0 Å². The van der Waals surface area contributed by atoms with Gasteiger partial charge in [-0.15, -0.1) is 24.8 Å². The van der Waals surface area contributed by atoms with Gasteiger partial charge in [0.2, 0.25) is 0 Å². The van der Waals surface area contributed by atoms with E-state index in [4.69, 9.17) is 0 Å². The quantitative estimate of drug-likeness (QED) is 0.912. The number of rotatable bonds is 4. The number of hydrogen-bond donors (Lipinski definition) is 1. The summed E-state index contributed by atoms with van der Waals surface area (Å²) < 4.78 is 0. The fourth-order valence-corrected chi connectivity index (χ4v) is 2.77. The number of aryl methyl sites for hydroxylation is 1. The van der Waals surface area contributed by atoms with Crippen LogP contribution in [0.4, 0.5) is 0 Å². The SMILES string of the molecule is Cc1cccc(C(=O)N2CCC(NCC3CC3)CC2)n1.Cl.Cl. The molecule has 4 nitrogen and oxygen atoms in total. The second kappa shape index (κ2) is 8.70. The number of hydrogen-bond acceptors (Lipinski definition) is 3. The Hall–Kier alpha value is -0.840. The largest absolute Gasteiger partial charge is 0.337 e. The van der Waals surface area contributed by atoms with Crippen LogP contribution in [-0.4, -0.2) is 41.5 Å². The van der Waals surface area contributed by atoms with Crippen molar-refractivity contribution in [1.82, 2.24) is 15.2 Å². The Bertz CT molecular complexity index is 486. The van der Waals surface area contributed by atoms with Crippen LogP contribution in [0.1, 0.15) is 41.9 Å². The van der Waals surface area contributed by atoms with Gasteiger partial charge in [0, 0.05) is 24.8 Å². The Labute approximate surface area is 144 Å². The molecule has 0 spiro atoms. The highest BCUT2D eigenvalue weighted by Crippen LogP contribution is 2.28. The summed E-state index contributed by atoms with van der Waals surface area (Å²) in [6, 6.07) is 6.22. The van der Waals surface area contributed by atoms with Crippen LogP contribution in [0.2, 0.25) is 0 Å². The predicted octanol–water partition coefficient (Wildman–Crippen LogP) is 2.84. The van der Waals surface area contributed by atoms with Crippen molar-refractivity contribution in [1.29, 1.82) is 0 Å². The molecule has 6 heteroatoms. The summed E-state index contributed by atoms with van der Waals surface area (Å²) in [6.45, 7) is 4.77. The molecule has 2 heterocycles. The van der Waals surface area contributed by atoms with Gasteiger partial charge in [-0.2, -0.15) is 0 Å². The topological polar surface area (TPSA) is 45.2 Å². The van der Waals surface area contributed by atoms with E-state index in [2.05, 4.69) is 10.3 Å². The molecule has 1 aromatic rings. The molecule has 124 valence electrons. The van der Waals surface area contributed by atoms with Crippen molar-refractivity contribution >= 4 is 30.7 Å². The first-order valence-corrected chi connectivity index (χ1v) is 7.68. The van der Waals surface area contributed by atoms with Gasteiger partial charge in [0.1, 0.15) is 5.69 Å². The highest BCUT2D eigenvalue weighted by Gasteiger charge is 2.26. The first-order valence-electron chi connectivity index (χ1n) is 7.68. The minimum absolute atomic E-state index is 0. The van der Waals surface area contributed by atoms with Crippen molar-refractivity contribution in [3.8, 4) is 0 Å². The molecule has 1 aliphatic heterocycles. The molecule has 0 radical (unpaired) electrons. The van der Waals surface area contributed by atoms with E-state index in [1.807, 2.05) is 30.0 Å². The van der Waals surface area contributed by atoms with Crippen LogP contribution < -0.4 is 5.32 Å². The number of halogens is 2. The van der Waals surface area contributed by atoms with E-state index in [9.17, 15) is 4.79 Å². The van der Waals surface area contributed by atoms with Crippen LogP contribution in [0.5, 0.6) is 0 Å². The summed E-state index contributed by atoms with van der Waals surface area (Å²) in [4.78, 5) is 18.6. The smallest absolute Gasteiger partial charge is 0.272 e. The van der Waals surface area contributed by atoms with Gasteiger partial charge in [-0.05, 0) is 57.2 Å². The molecule has 1 N–H and O–H groups in total. The summed E-state index contributed by atoms with van der Waals surface area (Å²) in [5.74, 6) is 1.00. The average molecular weight is 346 g/mol. The van der Waals surface area contributed by atoms with Crippen molar-refractivity contribution < 1.29 is 4.79 Å². The molecule has 0 bridgehead atoms. The second-order valence-corrected chi connectivity index (χ2v) is 6.08. The van der Waals surface area contributed by atoms with Crippen molar-refractivity contribution in [2.75, 3.05) is 19.6 Å². The van der Waals surface area contributed by atoms with E-state index in [1.54, 1.807) is 0 Å². The lowest BCUT2D eigenvalue weighted by atomic mass is 10.0.